The summed E-state index contributed by atoms with van der Waals surface area (Å²) in [7, 11) is 1.85. The van der Waals surface area contributed by atoms with E-state index in [9.17, 15) is 9.90 Å². The van der Waals surface area contributed by atoms with Crippen LogP contribution in [-0.2, 0) is 18.4 Å². The van der Waals surface area contributed by atoms with Crippen molar-refractivity contribution in [2.45, 2.75) is 12.6 Å². The molecule has 0 saturated heterocycles. The summed E-state index contributed by atoms with van der Waals surface area (Å²) in [6.07, 6.45) is 5.31. The molecule has 1 aromatic rings. The minimum absolute atomic E-state index is 0.239. The Kier molecular flexibility index (Phi) is 2.44. The van der Waals surface area contributed by atoms with E-state index in [0.29, 0.717) is 0 Å². The minimum atomic E-state index is -1.23. The smallest absolute Gasteiger partial charge is 0.243 e. The van der Waals surface area contributed by atoms with Crippen molar-refractivity contribution in [3.05, 3.63) is 18.7 Å². The normalized spacial score (nSPS) is 12.8. The highest BCUT2D eigenvalue weighted by molar-refractivity contribution is 5.70. The maximum absolute atomic E-state index is 10.3. The first-order valence-corrected chi connectivity index (χ1v) is 3.57. The van der Waals surface area contributed by atoms with Gasteiger partial charge in [0.15, 0.2) is 0 Å². The summed E-state index contributed by atoms with van der Waals surface area (Å²) in [4.78, 5) is 10.3. The Morgan fingerprint density at radius 1 is 1.83 bits per heavy atom. The number of carboxylic acids is 1. The standard InChI is InChI=1S/C7H11N3O2/c1-9-2-3-10(5-9)4-6(8)7(11)12/h2-3,5-6H,4,8H2,1H3. The fourth-order valence-electron chi connectivity index (χ4n) is 0.911. The Labute approximate surface area is 70.0 Å². The topological polar surface area (TPSA) is 75.0 Å². The molecule has 1 aromatic heterocycles. The highest BCUT2D eigenvalue weighted by Gasteiger charge is 2.08. The number of aryl methyl sites for hydroxylation is 1. The van der Waals surface area contributed by atoms with Gasteiger partial charge in [-0.1, -0.05) is 0 Å². The van der Waals surface area contributed by atoms with Crippen molar-refractivity contribution < 1.29 is 14.5 Å². The number of imidazole rings is 1. The van der Waals surface area contributed by atoms with E-state index in [4.69, 9.17) is 5.73 Å². The Morgan fingerprint density at radius 2 is 2.50 bits per heavy atom. The number of rotatable bonds is 3. The lowest BCUT2D eigenvalue weighted by Crippen LogP contribution is -2.44. The molecule has 1 unspecified atom stereocenters. The van der Waals surface area contributed by atoms with E-state index < -0.39 is 12.0 Å². The van der Waals surface area contributed by atoms with Crippen LogP contribution in [0.3, 0.4) is 0 Å². The van der Waals surface area contributed by atoms with Crippen LogP contribution in [0.5, 0.6) is 0 Å². The number of aliphatic carboxylic acids is 1. The van der Waals surface area contributed by atoms with Crippen LogP contribution in [0.1, 0.15) is 0 Å². The quantitative estimate of drug-likeness (QED) is 0.504. The average Bonchev–Trinajstić information content (AvgIpc) is 2.35. The molecule has 0 radical (unpaired) electrons. The molecule has 1 atom stereocenters. The first-order valence-electron chi connectivity index (χ1n) is 3.57. The third-order valence-corrected chi connectivity index (χ3v) is 1.53. The largest absolute Gasteiger partial charge is 0.548 e. The predicted molar refractivity (Wildman–Crippen MR) is 38.6 cm³/mol. The number of nitrogens with zero attached hydrogens (tertiary/aromatic N) is 2. The molecule has 0 spiro atoms. The van der Waals surface area contributed by atoms with Gasteiger partial charge in [-0.25, -0.2) is 9.13 Å². The van der Waals surface area contributed by atoms with E-state index in [1.54, 1.807) is 17.1 Å². The molecule has 1 heterocycles. The lowest BCUT2D eigenvalue weighted by molar-refractivity contribution is -0.671. The van der Waals surface area contributed by atoms with Crippen molar-refractivity contribution in [1.82, 2.24) is 4.57 Å². The summed E-state index contributed by atoms with van der Waals surface area (Å²) >= 11 is 0. The molecule has 5 nitrogen and oxygen atoms in total. The summed E-state index contributed by atoms with van der Waals surface area (Å²) in [5.41, 5.74) is 5.27. The van der Waals surface area contributed by atoms with Crippen LogP contribution < -0.4 is 15.4 Å². The van der Waals surface area contributed by atoms with Gasteiger partial charge in [-0.05, 0) is 0 Å². The second-order valence-corrected chi connectivity index (χ2v) is 2.70. The van der Waals surface area contributed by atoms with Gasteiger partial charge in [0.1, 0.15) is 18.9 Å². The number of carboxylic acid groups (broad SMARTS) is 1. The predicted octanol–water partition coefficient (Wildman–Crippen LogP) is -2.61. The molecule has 1 rings (SSSR count). The van der Waals surface area contributed by atoms with Gasteiger partial charge < -0.3 is 15.6 Å². The molecule has 0 fully saturated rings. The summed E-state index contributed by atoms with van der Waals surface area (Å²) < 4.78 is 3.50. The second kappa shape index (κ2) is 3.36. The molecule has 12 heavy (non-hydrogen) atoms. The van der Waals surface area contributed by atoms with Gasteiger partial charge in [0.05, 0.1) is 19.1 Å². The van der Waals surface area contributed by atoms with E-state index >= 15 is 0 Å². The van der Waals surface area contributed by atoms with Gasteiger partial charge in [0, 0.05) is 0 Å². The molecule has 0 aliphatic rings. The minimum Gasteiger partial charge on any atom is -0.548 e. The average molecular weight is 169 g/mol. The zero-order valence-corrected chi connectivity index (χ0v) is 6.80. The van der Waals surface area contributed by atoms with Crippen molar-refractivity contribution in [1.29, 1.82) is 0 Å². The fourth-order valence-corrected chi connectivity index (χ4v) is 0.911. The number of nitrogens with two attached hydrogens (primary N) is 1. The molecule has 0 aromatic carbocycles. The van der Waals surface area contributed by atoms with Gasteiger partial charge >= 0.3 is 0 Å². The zero-order valence-electron chi connectivity index (χ0n) is 6.80. The molecule has 5 heteroatoms. The highest BCUT2D eigenvalue weighted by atomic mass is 16.4. The van der Waals surface area contributed by atoms with Crippen molar-refractivity contribution in [3.63, 3.8) is 0 Å². The monoisotopic (exact) mass is 169 g/mol. The fraction of sp³-hybridized carbons (Fsp3) is 0.429. The lowest BCUT2D eigenvalue weighted by atomic mass is 10.3. The van der Waals surface area contributed by atoms with Crippen molar-refractivity contribution in [2.24, 2.45) is 12.8 Å². The van der Waals surface area contributed by atoms with Gasteiger partial charge in [-0.15, -0.1) is 0 Å². The number of carbonyl (C=O) groups is 1. The van der Waals surface area contributed by atoms with Crippen molar-refractivity contribution in [2.75, 3.05) is 0 Å². The molecule has 0 saturated carbocycles. The Morgan fingerprint density at radius 3 is 2.92 bits per heavy atom. The number of hydrogen-bond acceptors (Lipinski definition) is 3. The highest BCUT2D eigenvalue weighted by Crippen LogP contribution is 1.86. The van der Waals surface area contributed by atoms with Gasteiger partial charge in [-0.3, -0.25) is 0 Å². The van der Waals surface area contributed by atoms with Crippen LogP contribution in [0.25, 0.3) is 0 Å². The van der Waals surface area contributed by atoms with Crippen LogP contribution in [0.15, 0.2) is 18.7 Å². The van der Waals surface area contributed by atoms with Crippen LogP contribution in [0.2, 0.25) is 0 Å². The van der Waals surface area contributed by atoms with Crippen molar-refractivity contribution >= 4 is 5.97 Å². The SMILES string of the molecule is C[n+]1ccn(CC(N)C(=O)[O-])c1. The molecule has 0 amide bonds. The second-order valence-electron chi connectivity index (χ2n) is 2.70. The van der Waals surface area contributed by atoms with Gasteiger partial charge in [0.2, 0.25) is 6.33 Å². The Hall–Kier alpha value is -1.36. The van der Waals surface area contributed by atoms with E-state index in [-0.39, 0.29) is 6.54 Å². The molecule has 0 bridgehead atoms. The van der Waals surface area contributed by atoms with E-state index in [2.05, 4.69) is 0 Å². The molecular weight excluding hydrogens is 158 g/mol. The van der Waals surface area contributed by atoms with Crippen LogP contribution in [0.4, 0.5) is 0 Å². The first kappa shape index (κ1) is 8.73. The van der Waals surface area contributed by atoms with Crippen LogP contribution >= 0.6 is 0 Å². The van der Waals surface area contributed by atoms with Gasteiger partial charge in [0.25, 0.3) is 0 Å². The third kappa shape index (κ3) is 2.06. The molecule has 0 aliphatic heterocycles. The van der Waals surface area contributed by atoms with Gasteiger partial charge in [-0.2, -0.15) is 0 Å². The Bertz CT molecular complexity index is 282. The van der Waals surface area contributed by atoms with E-state index in [0.717, 1.165) is 0 Å². The maximum Gasteiger partial charge on any atom is 0.243 e. The summed E-state index contributed by atoms with van der Waals surface area (Å²) in [6, 6.07) is -0.947. The molecule has 66 valence electrons. The molecular formula is C7H11N3O2. The zero-order chi connectivity index (χ0) is 9.14. The molecule has 2 N–H and O–H groups in total. The third-order valence-electron chi connectivity index (χ3n) is 1.53. The summed E-state index contributed by atoms with van der Waals surface area (Å²) in [5, 5.41) is 10.3. The van der Waals surface area contributed by atoms with Crippen LogP contribution in [-0.4, -0.2) is 16.6 Å². The first-order chi connectivity index (χ1) is 5.59. The van der Waals surface area contributed by atoms with Crippen molar-refractivity contribution in [3.8, 4) is 0 Å². The summed E-state index contributed by atoms with van der Waals surface area (Å²) in [6.45, 7) is 0.239. The van der Waals surface area contributed by atoms with E-state index in [1.807, 2.05) is 17.8 Å². The van der Waals surface area contributed by atoms with E-state index in [1.165, 1.54) is 0 Å². The number of hydrogen-bond donors (Lipinski definition) is 1. The summed E-state index contributed by atoms with van der Waals surface area (Å²) in [5.74, 6) is -1.23. The Balaban J connectivity index is 2.58. The molecule has 0 aliphatic carbocycles. The lowest BCUT2D eigenvalue weighted by Gasteiger charge is -2.08. The number of aromatic nitrogens is 2. The number of carbonyl (C=O) groups excluding carboxylic acids is 1. The van der Waals surface area contributed by atoms with Crippen LogP contribution in [0, 0.1) is 0 Å². The maximum atomic E-state index is 10.3.